The van der Waals surface area contributed by atoms with Gasteiger partial charge in [0.05, 0.1) is 5.69 Å². The molecule has 1 aromatic heterocycles. The van der Waals surface area contributed by atoms with E-state index in [9.17, 15) is 4.48 Å². The number of hydrogen-bond donors (Lipinski definition) is 0. The van der Waals surface area contributed by atoms with Gasteiger partial charge in [-0.3, -0.25) is 0 Å². The van der Waals surface area contributed by atoms with Crippen molar-refractivity contribution in [3.8, 4) is 0 Å². The maximum Gasteiger partial charge on any atom is 0.125 e. The van der Waals surface area contributed by atoms with Crippen molar-refractivity contribution in [3.63, 3.8) is 0 Å². The third-order valence-electron chi connectivity index (χ3n) is 1.47. The van der Waals surface area contributed by atoms with Crippen LogP contribution in [0, 0.1) is 6.92 Å². The molecule has 0 aliphatic heterocycles. The van der Waals surface area contributed by atoms with E-state index in [4.69, 9.17) is 0 Å². The minimum absolute atomic E-state index is 0.449. The molecule has 0 saturated heterocycles. The van der Waals surface area contributed by atoms with Crippen LogP contribution >= 0.6 is 11.8 Å². The van der Waals surface area contributed by atoms with Crippen molar-refractivity contribution in [1.82, 2.24) is 9.97 Å². The highest BCUT2D eigenvalue weighted by Gasteiger charge is 2.11. The Morgan fingerprint density at radius 1 is 1.50 bits per heavy atom. The van der Waals surface area contributed by atoms with E-state index in [-0.39, 0.29) is 0 Å². The van der Waals surface area contributed by atoms with Crippen molar-refractivity contribution in [2.75, 3.05) is 18.4 Å². The summed E-state index contributed by atoms with van der Waals surface area (Å²) in [6.45, 7) is 1.76. The summed E-state index contributed by atoms with van der Waals surface area (Å²) >= 11 is 1.41. The minimum atomic E-state index is 0.449. The number of rotatable bonds is 2. The van der Waals surface area contributed by atoms with Gasteiger partial charge < -0.3 is 0 Å². The molecule has 1 aromatic rings. The molecule has 0 unspecified atom stereocenters. The molecule has 0 bridgehead atoms. The van der Waals surface area contributed by atoms with Gasteiger partial charge in [-0.1, -0.05) is 0 Å². The molecule has 0 radical (unpaired) electrons. The van der Waals surface area contributed by atoms with E-state index in [1.54, 1.807) is 6.92 Å². The summed E-state index contributed by atoms with van der Waals surface area (Å²) in [6, 6.07) is 0. The highest BCUT2D eigenvalue weighted by Crippen LogP contribution is 2.27. The molecule has 0 saturated carbocycles. The van der Waals surface area contributed by atoms with Crippen LogP contribution in [0.15, 0.2) is 11.4 Å². The highest BCUT2D eigenvalue weighted by molar-refractivity contribution is 7.98. The first-order valence-corrected chi connectivity index (χ1v) is 4.64. The highest BCUT2D eigenvalue weighted by atomic mass is 32.2. The fourth-order valence-electron chi connectivity index (χ4n) is 0.949. The lowest BCUT2D eigenvalue weighted by molar-refractivity contribution is 0.468. The topological polar surface area (TPSA) is 29.0 Å². The molecule has 5 heteroatoms. The molecule has 1 rings (SSSR count). The standard InChI is InChI=1S/C7H10FN3S/c1-5-6(11(2)8)7(12-3)10-4-9-5/h4H,1-3H3. The zero-order valence-corrected chi connectivity index (χ0v) is 8.02. The largest absolute Gasteiger partial charge is 0.239 e. The molecule has 0 fully saturated rings. The van der Waals surface area contributed by atoms with Gasteiger partial charge in [-0.25, -0.2) is 15.1 Å². The van der Waals surface area contributed by atoms with E-state index >= 15 is 0 Å². The summed E-state index contributed by atoms with van der Waals surface area (Å²) in [5.41, 5.74) is 1.10. The van der Waals surface area contributed by atoms with Crippen molar-refractivity contribution < 1.29 is 4.48 Å². The van der Waals surface area contributed by atoms with E-state index in [0.717, 1.165) is 0 Å². The molecule has 66 valence electrons. The van der Waals surface area contributed by atoms with Gasteiger partial charge in [0.2, 0.25) is 0 Å². The van der Waals surface area contributed by atoms with Crippen LogP contribution in [0.3, 0.4) is 0 Å². The predicted molar refractivity (Wildman–Crippen MR) is 48.1 cm³/mol. The monoisotopic (exact) mass is 187 g/mol. The summed E-state index contributed by atoms with van der Waals surface area (Å²) in [6.07, 6.45) is 3.29. The van der Waals surface area contributed by atoms with Crippen LogP contribution in [0.2, 0.25) is 0 Å². The molecule has 0 aliphatic carbocycles. The predicted octanol–water partition coefficient (Wildman–Crippen LogP) is 1.83. The Labute approximate surface area is 74.9 Å². The lowest BCUT2D eigenvalue weighted by Crippen LogP contribution is -2.08. The van der Waals surface area contributed by atoms with Crippen LogP contribution in [0.4, 0.5) is 10.2 Å². The van der Waals surface area contributed by atoms with E-state index in [2.05, 4.69) is 9.97 Å². The molecule has 0 aliphatic rings. The van der Waals surface area contributed by atoms with Gasteiger partial charge in [0.25, 0.3) is 0 Å². The molecular formula is C7H10FN3S. The summed E-state index contributed by atoms with van der Waals surface area (Å²) in [4.78, 5) is 7.85. The van der Waals surface area contributed by atoms with Crippen LogP contribution in [-0.2, 0) is 0 Å². The van der Waals surface area contributed by atoms with Crippen molar-refractivity contribution in [2.24, 2.45) is 0 Å². The Bertz CT molecular complexity index is 277. The molecule has 0 spiro atoms. The van der Waals surface area contributed by atoms with E-state index in [1.165, 1.54) is 25.1 Å². The van der Waals surface area contributed by atoms with E-state index in [1.807, 2.05) is 6.26 Å². The third-order valence-corrected chi connectivity index (χ3v) is 2.16. The van der Waals surface area contributed by atoms with Gasteiger partial charge in [-0.15, -0.1) is 16.2 Å². The quantitative estimate of drug-likeness (QED) is 0.401. The first-order chi connectivity index (χ1) is 5.66. The number of nitrogens with zero attached hydrogens (tertiary/aromatic N) is 3. The number of aromatic nitrogens is 2. The van der Waals surface area contributed by atoms with Crippen LogP contribution in [0.5, 0.6) is 0 Å². The summed E-state index contributed by atoms with van der Waals surface area (Å²) in [5, 5.41) is 1.20. The number of hydrogen-bond acceptors (Lipinski definition) is 4. The summed E-state index contributed by atoms with van der Waals surface area (Å²) in [5.74, 6) is 0. The average Bonchev–Trinajstić information content (AvgIpc) is 2.03. The second kappa shape index (κ2) is 3.71. The fourth-order valence-corrected chi connectivity index (χ4v) is 1.57. The van der Waals surface area contributed by atoms with Crippen molar-refractivity contribution in [2.45, 2.75) is 11.9 Å². The lowest BCUT2D eigenvalue weighted by Gasteiger charge is -2.12. The number of halogens is 1. The van der Waals surface area contributed by atoms with E-state index in [0.29, 0.717) is 21.5 Å². The minimum Gasteiger partial charge on any atom is -0.239 e. The third kappa shape index (κ3) is 1.66. The second-order valence-corrected chi connectivity index (χ2v) is 3.09. The zero-order chi connectivity index (χ0) is 9.14. The second-order valence-electron chi connectivity index (χ2n) is 2.29. The molecule has 0 aromatic carbocycles. The molecular weight excluding hydrogens is 177 g/mol. The fraction of sp³-hybridized carbons (Fsp3) is 0.429. The number of aryl methyl sites for hydroxylation is 1. The Morgan fingerprint density at radius 2 is 2.17 bits per heavy atom. The first-order valence-electron chi connectivity index (χ1n) is 3.42. The van der Waals surface area contributed by atoms with Gasteiger partial charge in [-0.05, 0) is 13.2 Å². The van der Waals surface area contributed by atoms with Gasteiger partial charge in [0.15, 0.2) is 0 Å². The normalized spacial score (nSPS) is 10.0. The van der Waals surface area contributed by atoms with E-state index < -0.39 is 0 Å². The van der Waals surface area contributed by atoms with Crippen LogP contribution in [0.1, 0.15) is 5.69 Å². The van der Waals surface area contributed by atoms with Gasteiger partial charge >= 0.3 is 0 Å². The van der Waals surface area contributed by atoms with Crippen LogP contribution in [-0.4, -0.2) is 23.3 Å². The number of thioether (sulfide) groups is 1. The lowest BCUT2D eigenvalue weighted by atomic mass is 10.4. The van der Waals surface area contributed by atoms with Gasteiger partial charge in [0, 0.05) is 7.05 Å². The molecule has 0 atom stereocenters. The van der Waals surface area contributed by atoms with Gasteiger partial charge in [0.1, 0.15) is 17.0 Å². The Hall–Kier alpha value is -0.840. The Morgan fingerprint density at radius 3 is 2.58 bits per heavy atom. The van der Waals surface area contributed by atoms with Crippen LogP contribution in [0.25, 0.3) is 0 Å². The summed E-state index contributed by atoms with van der Waals surface area (Å²) in [7, 11) is 1.34. The maximum atomic E-state index is 12.9. The molecule has 1 heterocycles. The molecule has 0 amide bonds. The van der Waals surface area contributed by atoms with Crippen LogP contribution < -0.4 is 5.12 Å². The maximum absolute atomic E-state index is 12.9. The molecule has 0 N–H and O–H groups in total. The average molecular weight is 187 g/mol. The zero-order valence-electron chi connectivity index (χ0n) is 7.21. The molecule has 12 heavy (non-hydrogen) atoms. The SMILES string of the molecule is CSc1ncnc(C)c1N(C)F. The van der Waals surface area contributed by atoms with Crippen molar-refractivity contribution in [1.29, 1.82) is 0 Å². The van der Waals surface area contributed by atoms with Crippen molar-refractivity contribution in [3.05, 3.63) is 12.0 Å². The summed E-state index contributed by atoms with van der Waals surface area (Å²) < 4.78 is 12.9. The Kier molecular flexibility index (Phi) is 2.86. The number of anilines is 1. The smallest absolute Gasteiger partial charge is 0.125 e. The Balaban J connectivity index is 3.20. The molecule has 3 nitrogen and oxygen atoms in total. The first kappa shape index (κ1) is 9.25. The van der Waals surface area contributed by atoms with Crippen molar-refractivity contribution >= 4 is 17.4 Å². The van der Waals surface area contributed by atoms with Gasteiger partial charge in [-0.2, -0.15) is 0 Å².